The number of hydrogen-bond acceptors (Lipinski definition) is 6. The van der Waals surface area contributed by atoms with Gasteiger partial charge in [0.2, 0.25) is 5.13 Å². The molecule has 0 saturated carbocycles. The van der Waals surface area contributed by atoms with Crippen molar-refractivity contribution < 1.29 is 0 Å². The van der Waals surface area contributed by atoms with Crippen molar-refractivity contribution >= 4 is 22.7 Å². The van der Waals surface area contributed by atoms with Crippen molar-refractivity contribution in [3.8, 4) is 11.3 Å². The molecule has 0 bridgehead atoms. The van der Waals surface area contributed by atoms with Crippen molar-refractivity contribution in [1.29, 1.82) is 0 Å². The summed E-state index contributed by atoms with van der Waals surface area (Å²) in [6, 6.07) is 7.67. The molecule has 20 heavy (non-hydrogen) atoms. The maximum absolute atomic E-state index is 4.45. The van der Waals surface area contributed by atoms with E-state index in [-0.39, 0.29) is 0 Å². The first-order valence-electron chi connectivity index (χ1n) is 5.97. The number of nitrogens with one attached hydrogen (secondary N) is 1. The van der Waals surface area contributed by atoms with Gasteiger partial charge in [-0.25, -0.2) is 4.98 Å². The van der Waals surface area contributed by atoms with Crippen LogP contribution in [-0.2, 0) is 0 Å². The van der Waals surface area contributed by atoms with Crippen molar-refractivity contribution in [2.45, 2.75) is 0 Å². The molecular weight excluding hydrogens is 270 g/mol. The second kappa shape index (κ2) is 6.03. The van der Waals surface area contributed by atoms with E-state index in [0.29, 0.717) is 0 Å². The average molecular weight is 281 g/mol. The number of rotatable bonds is 4. The minimum absolute atomic E-state index is 0.740. The zero-order valence-corrected chi connectivity index (χ0v) is 11.3. The van der Waals surface area contributed by atoms with Crippen LogP contribution in [0.2, 0.25) is 0 Å². The molecule has 0 spiro atoms. The fraction of sp³-hybridized carbons (Fsp3) is 0. The Morgan fingerprint density at radius 2 is 1.95 bits per heavy atom. The Hall–Kier alpha value is -2.60. The molecule has 3 heterocycles. The van der Waals surface area contributed by atoms with Gasteiger partial charge in [0.1, 0.15) is 0 Å². The number of hydrogen-bond donors (Lipinski definition) is 1. The molecule has 0 aliphatic carbocycles. The van der Waals surface area contributed by atoms with E-state index in [0.717, 1.165) is 22.0 Å². The normalized spacial score (nSPS) is 10.8. The van der Waals surface area contributed by atoms with Crippen molar-refractivity contribution in [3.63, 3.8) is 0 Å². The zero-order valence-electron chi connectivity index (χ0n) is 10.5. The number of pyridine rings is 2. The van der Waals surface area contributed by atoms with E-state index in [1.165, 1.54) is 11.3 Å². The van der Waals surface area contributed by atoms with Gasteiger partial charge in [-0.1, -0.05) is 6.07 Å². The topological polar surface area (TPSA) is 63.1 Å². The van der Waals surface area contributed by atoms with Gasteiger partial charge in [0.25, 0.3) is 0 Å². The van der Waals surface area contributed by atoms with Crippen LogP contribution in [0.1, 0.15) is 5.56 Å². The molecule has 0 saturated heterocycles. The first kappa shape index (κ1) is 12.4. The van der Waals surface area contributed by atoms with Crippen LogP contribution in [0.15, 0.2) is 59.5 Å². The molecule has 0 amide bonds. The van der Waals surface area contributed by atoms with E-state index in [1.807, 2.05) is 29.6 Å². The molecule has 0 atom stereocenters. The summed E-state index contributed by atoms with van der Waals surface area (Å²) in [5.74, 6) is 0. The fourth-order valence-electron chi connectivity index (χ4n) is 1.59. The summed E-state index contributed by atoms with van der Waals surface area (Å²) in [4.78, 5) is 12.5. The second-order valence-electron chi connectivity index (χ2n) is 3.94. The highest BCUT2D eigenvalue weighted by molar-refractivity contribution is 7.14. The minimum atomic E-state index is 0.740. The summed E-state index contributed by atoms with van der Waals surface area (Å²) in [5, 5.41) is 6.85. The lowest BCUT2D eigenvalue weighted by molar-refractivity contribution is 1.26. The summed E-state index contributed by atoms with van der Waals surface area (Å²) < 4.78 is 0. The summed E-state index contributed by atoms with van der Waals surface area (Å²) in [7, 11) is 0. The highest BCUT2D eigenvalue weighted by Gasteiger charge is 2.03. The van der Waals surface area contributed by atoms with Crippen LogP contribution in [0, 0.1) is 0 Å². The van der Waals surface area contributed by atoms with Crippen molar-refractivity contribution in [2.24, 2.45) is 5.10 Å². The molecular formula is C14H11N5S. The average Bonchev–Trinajstić information content (AvgIpc) is 2.98. The Morgan fingerprint density at radius 3 is 2.70 bits per heavy atom. The molecule has 0 unspecified atom stereocenters. The van der Waals surface area contributed by atoms with Crippen LogP contribution < -0.4 is 5.43 Å². The van der Waals surface area contributed by atoms with E-state index in [2.05, 4.69) is 25.5 Å². The molecule has 3 rings (SSSR count). The molecule has 0 aliphatic heterocycles. The lowest BCUT2D eigenvalue weighted by Gasteiger charge is -1.95. The monoisotopic (exact) mass is 281 g/mol. The largest absolute Gasteiger partial charge is 0.264 e. The molecule has 0 fully saturated rings. The molecule has 0 radical (unpaired) electrons. The van der Waals surface area contributed by atoms with Crippen LogP contribution in [-0.4, -0.2) is 21.2 Å². The Kier molecular flexibility index (Phi) is 3.75. The molecule has 0 aliphatic rings. The SMILES string of the molecule is C(=N\Nc1nc(-c2cccnc2)cs1)/c1cccnc1. The third kappa shape index (κ3) is 3.04. The maximum Gasteiger partial charge on any atom is 0.203 e. The predicted octanol–water partition coefficient (Wildman–Crippen LogP) is 3.05. The van der Waals surface area contributed by atoms with Crippen molar-refractivity contribution in [1.82, 2.24) is 15.0 Å². The number of hydrazone groups is 1. The number of anilines is 1. The van der Waals surface area contributed by atoms with E-state index < -0.39 is 0 Å². The third-order valence-electron chi connectivity index (χ3n) is 2.52. The van der Waals surface area contributed by atoms with Crippen LogP contribution in [0.4, 0.5) is 5.13 Å². The predicted molar refractivity (Wildman–Crippen MR) is 80.8 cm³/mol. The second-order valence-corrected chi connectivity index (χ2v) is 4.79. The zero-order chi connectivity index (χ0) is 13.6. The Bertz CT molecular complexity index is 694. The Labute approximate surface area is 120 Å². The van der Waals surface area contributed by atoms with Crippen molar-refractivity contribution in [3.05, 3.63) is 60.0 Å². The smallest absolute Gasteiger partial charge is 0.203 e. The molecule has 3 aromatic rings. The Morgan fingerprint density at radius 1 is 1.10 bits per heavy atom. The van der Waals surface area contributed by atoms with Crippen molar-refractivity contribution in [2.75, 3.05) is 5.43 Å². The van der Waals surface area contributed by atoms with E-state index in [1.54, 1.807) is 31.0 Å². The van der Waals surface area contributed by atoms with Gasteiger partial charge < -0.3 is 0 Å². The van der Waals surface area contributed by atoms with Gasteiger partial charge in [0.05, 0.1) is 11.9 Å². The van der Waals surface area contributed by atoms with Crippen LogP contribution in [0.25, 0.3) is 11.3 Å². The van der Waals surface area contributed by atoms with E-state index >= 15 is 0 Å². The molecule has 3 aromatic heterocycles. The van der Waals surface area contributed by atoms with Crippen LogP contribution in [0.5, 0.6) is 0 Å². The lowest BCUT2D eigenvalue weighted by atomic mass is 10.2. The molecule has 0 aromatic carbocycles. The van der Waals surface area contributed by atoms with Gasteiger partial charge in [-0.15, -0.1) is 11.3 Å². The van der Waals surface area contributed by atoms with Gasteiger partial charge >= 0.3 is 0 Å². The standard InChI is InChI=1S/C14H11N5S/c1-3-11(7-15-5-1)8-17-19-14-18-13(10-20-14)12-4-2-6-16-9-12/h1-10H,(H,18,19)/b17-8+. The molecule has 6 heteroatoms. The highest BCUT2D eigenvalue weighted by Crippen LogP contribution is 2.23. The minimum Gasteiger partial charge on any atom is -0.264 e. The first-order valence-corrected chi connectivity index (χ1v) is 6.85. The third-order valence-corrected chi connectivity index (χ3v) is 3.27. The van der Waals surface area contributed by atoms with Gasteiger partial charge in [0.15, 0.2) is 0 Å². The quantitative estimate of drug-likeness (QED) is 0.589. The summed E-state index contributed by atoms with van der Waals surface area (Å²) >= 11 is 1.50. The lowest BCUT2D eigenvalue weighted by Crippen LogP contribution is -1.90. The van der Waals surface area contributed by atoms with E-state index in [9.17, 15) is 0 Å². The highest BCUT2D eigenvalue weighted by atomic mass is 32.1. The van der Waals surface area contributed by atoms with Gasteiger partial charge in [-0.3, -0.25) is 15.4 Å². The van der Waals surface area contributed by atoms with Gasteiger partial charge in [0, 0.05) is 41.3 Å². The molecule has 5 nitrogen and oxygen atoms in total. The maximum atomic E-state index is 4.45. The number of aromatic nitrogens is 3. The Balaban J connectivity index is 1.68. The first-order chi connectivity index (χ1) is 9.92. The summed E-state index contributed by atoms with van der Waals surface area (Å²) in [6.07, 6.45) is 8.71. The number of thiazole rings is 1. The molecule has 98 valence electrons. The summed E-state index contributed by atoms with van der Waals surface area (Å²) in [6.45, 7) is 0. The van der Waals surface area contributed by atoms with E-state index in [4.69, 9.17) is 0 Å². The van der Waals surface area contributed by atoms with Crippen LogP contribution in [0.3, 0.4) is 0 Å². The summed E-state index contributed by atoms with van der Waals surface area (Å²) in [5.41, 5.74) is 5.73. The molecule has 1 N–H and O–H groups in total. The number of nitrogens with zero attached hydrogens (tertiary/aromatic N) is 4. The van der Waals surface area contributed by atoms with Gasteiger partial charge in [-0.05, 0) is 18.2 Å². The fourth-order valence-corrected chi connectivity index (χ4v) is 2.25. The van der Waals surface area contributed by atoms with Crippen LogP contribution >= 0.6 is 11.3 Å². The van der Waals surface area contributed by atoms with Gasteiger partial charge in [-0.2, -0.15) is 5.10 Å².